The highest BCUT2D eigenvalue weighted by Gasteiger charge is 2.16. The fourth-order valence-corrected chi connectivity index (χ4v) is 7.22. The SMILES string of the molecule is CCO[Si](CCCCCCCC[Si]c1ccc(N(CC)CC)cc1N(CC)CC)OC(C)C. The predicted molar refractivity (Wildman–Crippen MR) is 150 cm³/mol. The first-order chi connectivity index (χ1) is 16.0. The van der Waals surface area contributed by atoms with Crippen LogP contribution in [-0.4, -0.2) is 57.7 Å². The summed E-state index contributed by atoms with van der Waals surface area (Å²) in [6.45, 7) is 20.4. The van der Waals surface area contributed by atoms with Gasteiger partial charge < -0.3 is 18.7 Å². The van der Waals surface area contributed by atoms with E-state index < -0.39 is 9.28 Å². The molecule has 0 N–H and O–H groups in total. The summed E-state index contributed by atoms with van der Waals surface area (Å²) >= 11 is 0. The van der Waals surface area contributed by atoms with Crippen molar-refractivity contribution in [1.29, 1.82) is 0 Å². The van der Waals surface area contributed by atoms with Gasteiger partial charge in [-0.25, -0.2) is 0 Å². The van der Waals surface area contributed by atoms with Crippen LogP contribution in [0, 0.1) is 0 Å². The molecule has 0 aliphatic heterocycles. The van der Waals surface area contributed by atoms with Crippen LogP contribution in [-0.2, 0) is 8.85 Å². The Labute approximate surface area is 210 Å². The molecule has 189 valence electrons. The van der Waals surface area contributed by atoms with E-state index in [0.29, 0.717) is 0 Å². The first-order valence-electron chi connectivity index (χ1n) is 13.5. The molecule has 0 bridgehead atoms. The highest BCUT2D eigenvalue weighted by molar-refractivity contribution is 6.55. The van der Waals surface area contributed by atoms with Gasteiger partial charge in [-0.05, 0) is 71.8 Å². The Hall–Kier alpha value is -0.826. The van der Waals surface area contributed by atoms with Crippen molar-refractivity contribution in [2.45, 2.75) is 105 Å². The lowest BCUT2D eigenvalue weighted by molar-refractivity contribution is 0.162. The second-order valence-electron chi connectivity index (χ2n) is 8.82. The Bertz CT molecular complexity index is 608. The summed E-state index contributed by atoms with van der Waals surface area (Å²) < 4.78 is 11.7. The van der Waals surface area contributed by atoms with Crippen LogP contribution in [0.15, 0.2) is 18.2 Å². The number of rotatable bonds is 20. The van der Waals surface area contributed by atoms with Crippen LogP contribution >= 0.6 is 0 Å². The molecule has 0 heterocycles. The van der Waals surface area contributed by atoms with Gasteiger partial charge in [0.05, 0.1) is 9.52 Å². The van der Waals surface area contributed by atoms with Gasteiger partial charge in [0.2, 0.25) is 0 Å². The van der Waals surface area contributed by atoms with Gasteiger partial charge in [-0.15, -0.1) is 0 Å². The van der Waals surface area contributed by atoms with Gasteiger partial charge in [0, 0.05) is 50.3 Å². The lowest BCUT2D eigenvalue weighted by atomic mass is 10.1. The molecule has 0 aliphatic carbocycles. The van der Waals surface area contributed by atoms with E-state index in [1.165, 1.54) is 55.9 Å². The molecule has 0 spiro atoms. The normalized spacial score (nSPS) is 11.5. The molecule has 3 radical (unpaired) electrons. The van der Waals surface area contributed by atoms with E-state index in [0.717, 1.165) is 48.3 Å². The van der Waals surface area contributed by atoms with Gasteiger partial charge in [0.15, 0.2) is 0 Å². The molecule has 0 amide bonds. The van der Waals surface area contributed by atoms with Crippen LogP contribution in [0.2, 0.25) is 12.1 Å². The fourth-order valence-electron chi connectivity index (χ4n) is 4.19. The molecule has 0 fully saturated rings. The summed E-state index contributed by atoms with van der Waals surface area (Å²) in [6.07, 6.45) is 8.24. The summed E-state index contributed by atoms with van der Waals surface area (Å²) in [5.41, 5.74) is 2.82. The minimum absolute atomic E-state index is 0.280. The maximum absolute atomic E-state index is 5.94. The van der Waals surface area contributed by atoms with Gasteiger partial charge in [0.25, 0.3) is 0 Å². The van der Waals surface area contributed by atoms with Crippen LogP contribution in [0.5, 0.6) is 0 Å². The van der Waals surface area contributed by atoms with Gasteiger partial charge in [-0.2, -0.15) is 0 Å². The van der Waals surface area contributed by atoms with Crippen molar-refractivity contribution < 1.29 is 8.85 Å². The second kappa shape index (κ2) is 18.5. The lowest BCUT2D eigenvalue weighted by Crippen LogP contribution is -2.31. The molecule has 0 saturated heterocycles. The molecule has 1 aromatic rings. The van der Waals surface area contributed by atoms with Crippen molar-refractivity contribution in [1.82, 2.24) is 0 Å². The van der Waals surface area contributed by atoms with Gasteiger partial charge in [-0.1, -0.05) is 50.6 Å². The highest BCUT2D eigenvalue weighted by Crippen LogP contribution is 2.21. The molecule has 4 nitrogen and oxygen atoms in total. The molecule has 0 saturated carbocycles. The Morgan fingerprint density at radius 1 is 0.818 bits per heavy atom. The quantitative estimate of drug-likeness (QED) is 0.155. The minimum atomic E-state index is -1.06. The zero-order chi connectivity index (χ0) is 24.5. The Kier molecular flexibility index (Phi) is 16.9. The van der Waals surface area contributed by atoms with Crippen LogP contribution < -0.4 is 15.0 Å². The van der Waals surface area contributed by atoms with Gasteiger partial charge in [-0.3, -0.25) is 0 Å². The maximum Gasteiger partial charge on any atom is 0.384 e. The van der Waals surface area contributed by atoms with E-state index in [1.807, 2.05) is 0 Å². The predicted octanol–water partition coefficient (Wildman–Crippen LogP) is 6.42. The van der Waals surface area contributed by atoms with Crippen molar-refractivity contribution >= 4 is 35.4 Å². The summed E-state index contributed by atoms with van der Waals surface area (Å²) in [5, 5.41) is 1.55. The van der Waals surface area contributed by atoms with Crippen molar-refractivity contribution in [3.63, 3.8) is 0 Å². The first kappa shape index (κ1) is 30.2. The third kappa shape index (κ3) is 11.9. The number of hydrogen-bond donors (Lipinski definition) is 0. The van der Waals surface area contributed by atoms with E-state index in [1.54, 1.807) is 5.19 Å². The average molecular weight is 492 g/mol. The number of benzene rings is 1. The second-order valence-corrected chi connectivity index (χ2v) is 12.0. The largest absolute Gasteiger partial charge is 0.394 e. The molecule has 0 atom stereocenters. The fraction of sp³-hybridized carbons (Fsp3) is 0.778. The number of nitrogens with zero attached hydrogens (tertiary/aromatic N) is 2. The molecule has 1 rings (SSSR count). The zero-order valence-electron chi connectivity index (χ0n) is 22.7. The van der Waals surface area contributed by atoms with Gasteiger partial charge >= 0.3 is 9.28 Å². The minimum Gasteiger partial charge on any atom is -0.394 e. The highest BCUT2D eigenvalue weighted by atomic mass is 28.3. The maximum atomic E-state index is 5.94. The Morgan fingerprint density at radius 2 is 1.42 bits per heavy atom. The first-order valence-corrected chi connectivity index (χ1v) is 16.3. The van der Waals surface area contributed by atoms with E-state index in [2.05, 4.69) is 76.5 Å². The summed E-state index contributed by atoms with van der Waals surface area (Å²) in [5.74, 6) is 0. The van der Waals surface area contributed by atoms with Crippen LogP contribution in [0.25, 0.3) is 0 Å². The van der Waals surface area contributed by atoms with Gasteiger partial charge in [0.1, 0.15) is 0 Å². The monoisotopic (exact) mass is 491 g/mol. The van der Waals surface area contributed by atoms with E-state index >= 15 is 0 Å². The number of anilines is 2. The summed E-state index contributed by atoms with van der Waals surface area (Å²) in [6, 6.07) is 9.61. The average Bonchev–Trinajstić information content (AvgIpc) is 2.80. The molecular weight excluding hydrogens is 440 g/mol. The molecule has 0 aliphatic rings. The van der Waals surface area contributed by atoms with Crippen LogP contribution in [0.4, 0.5) is 11.4 Å². The summed E-state index contributed by atoms with van der Waals surface area (Å²) in [7, 11) is -0.150. The molecule has 1 aromatic carbocycles. The molecule has 6 heteroatoms. The third-order valence-electron chi connectivity index (χ3n) is 6.01. The van der Waals surface area contributed by atoms with E-state index in [-0.39, 0.29) is 6.10 Å². The number of unbranched alkanes of at least 4 members (excludes halogenated alkanes) is 5. The lowest BCUT2D eigenvalue weighted by Gasteiger charge is -2.28. The molecule has 33 heavy (non-hydrogen) atoms. The molecular formula is C27H51N2O2Si2. The molecule has 0 unspecified atom stereocenters. The topological polar surface area (TPSA) is 24.9 Å². The Balaban J connectivity index is 2.40. The number of hydrogen-bond acceptors (Lipinski definition) is 4. The smallest absolute Gasteiger partial charge is 0.384 e. The van der Waals surface area contributed by atoms with E-state index in [9.17, 15) is 0 Å². The van der Waals surface area contributed by atoms with Crippen LogP contribution in [0.1, 0.15) is 87.0 Å². The van der Waals surface area contributed by atoms with Crippen molar-refractivity contribution in [3.05, 3.63) is 18.2 Å². The molecule has 0 aromatic heterocycles. The zero-order valence-corrected chi connectivity index (χ0v) is 24.7. The van der Waals surface area contributed by atoms with Crippen molar-refractivity contribution in [2.75, 3.05) is 42.6 Å². The van der Waals surface area contributed by atoms with E-state index in [4.69, 9.17) is 8.85 Å². The third-order valence-corrected chi connectivity index (χ3v) is 9.52. The Morgan fingerprint density at radius 3 is 2.00 bits per heavy atom. The van der Waals surface area contributed by atoms with Crippen LogP contribution in [0.3, 0.4) is 0 Å². The standard InChI is InChI=1S/C27H51N2O2Si2/c1-8-28(9-2)25-19-20-27(26(23-25)29(10-3)11-4)32-21-17-15-13-14-16-18-22-33(30-12-5)31-24(6)7/h19-20,23-24H,8-18,21-22H2,1-7H3. The van der Waals surface area contributed by atoms with Crippen molar-refractivity contribution in [2.24, 2.45) is 0 Å². The van der Waals surface area contributed by atoms with Crippen molar-refractivity contribution in [3.8, 4) is 0 Å². The summed E-state index contributed by atoms with van der Waals surface area (Å²) in [4.78, 5) is 4.98.